The fraction of sp³-hybridized carbons (Fsp3) is 0.571. The van der Waals surface area contributed by atoms with Crippen LogP contribution in [0.4, 0.5) is 0 Å². The van der Waals surface area contributed by atoms with Gasteiger partial charge in [0.2, 0.25) is 0 Å². The van der Waals surface area contributed by atoms with E-state index >= 15 is 0 Å². The van der Waals surface area contributed by atoms with Crippen LogP contribution in [0.5, 0.6) is 0 Å². The molecule has 2 rings (SSSR count). The van der Waals surface area contributed by atoms with Gasteiger partial charge in [0.1, 0.15) is 0 Å². The second kappa shape index (κ2) is 6.99. The zero-order valence-electron chi connectivity index (χ0n) is 11.0. The van der Waals surface area contributed by atoms with Gasteiger partial charge < -0.3 is 10.6 Å². The molecule has 0 saturated heterocycles. The van der Waals surface area contributed by atoms with Gasteiger partial charge in [0.05, 0.1) is 0 Å². The summed E-state index contributed by atoms with van der Waals surface area (Å²) in [4.78, 5) is 8.70. The van der Waals surface area contributed by atoms with Crippen LogP contribution in [0.25, 0.3) is 0 Å². The molecule has 4 nitrogen and oxygen atoms in total. The number of rotatable bonds is 6. The van der Waals surface area contributed by atoms with Crippen LogP contribution in [0.3, 0.4) is 0 Å². The molecule has 0 unspecified atom stereocenters. The van der Waals surface area contributed by atoms with Crippen molar-refractivity contribution in [3.05, 3.63) is 30.1 Å². The number of hydrogen-bond donors (Lipinski definition) is 2. The molecule has 1 aliphatic rings. The number of hydrogen-bond acceptors (Lipinski definition) is 2. The van der Waals surface area contributed by atoms with Crippen molar-refractivity contribution in [1.29, 1.82) is 0 Å². The fourth-order valence-electron chi connectivity index (χ4n) is 1.73. The Morgan fingerprint density at radius 3 is 3.00 bits per heavy atom. The second-order valence-electron chi connectivity index (χ2n) is 4.70. The lowest BCUT2D eigenvalue weighted by molar-refractivity contribution is 0.776. The molecule has 1 aromatic rings. The van der Waals surface area contributed by atoms with Crippen LogP contribution in [0.2, 0.25) is 0 Å². The van der Waals surface area contributed by atoms with Gasteiger partial charge in [-0.1, -0.05) is 6.07 Å². The summed E-state index contributed by atoms with van der Waals surface area (Å²) < 4.78 is 0. The Morgan fingerprint density at radius 1 is 1.44 bits per heavy atom. The molecule has 18 heavy (non-hydrogen) atoms. The topological polar surface area (TPSA) is 49.3 Å². The molecule has 0 spiro atoms. The summed E-state index contributed by atoms with van der Waals surface area (Å²) in [5.74, 6) is 1.77. The number of guanidine groups is 1. The average molecular weight is 246 g/mol. The molecule has 98 valence electrons. The number of nitrogens with zero attached hydrogens (tertiary/aromatic N) is 2. The van der Waals surface area contributed by atoms with Crippen LogP contribution in [-0.4, -0.2) is 30.6 Å². The van der Waals surface area contributed by atoms with Gasteiger partial charge in [-0.3, -0.25) is 9.98 Å². The molecule has 0 aromatic carbocycles. The third kappa shape index (κ3) is 4.73. The number of pyridine rings is 1. The minimum absolute atomic E-state index is 0.832. The molecule has 2 N–H and O–H groups in total. The van der Waals surface area contributed by atoms with E-state index in [1.165, 1.54) is 18.4 Å². The van der Waals surface area contributed by atoms with E-state index < -0.39 is 0 Å². The first kappa shape index (κ1) is 12.9. The Morgan fingerprint density at radius 2 is 2.33 bits per heavy atom. The van der Waals surface area contributed by atoms with E-state index in [1.807, 2.05) is 12.3 Å². The van der Waals surface area contributed by atoms with E-state index in [-0.39, 0.29) is 0 Å². The Bertz CT molecular complexity index is 371. The van der Waals surface area contributed by atoms with Crippen LogP contribution >= 0.6 is 0 Å². The van der Waals surface area contributed by atoms with Crippen LogP contribution in [0.15, 0.2) is 29.5 Å². The van der Waals surface area contributed by atoms with E-state index in [1.54, 1.807) is 6.20 Å². The summed E-state index contributed by atoms with van der Waals surface area (Å²) in [5, 5.41) is 6.64. The predicted molar refractivity (Wildman–Crippen MR) is 74.6 cm³/mol. The van der Waals surface area contributed by atoms with E-state index in [9.17, 15) is 0 Å². The predicted octanol–water partition coefficient (Wildman–Crippen LogP) is 1.59. The molecule has 0 radical (unpaired) electrons. The Kier molecular flexibility index (Phi) is 5.00. The van der Waals surface area contributed by atoms with Gasteiger partial charge >= 0.3 is 0 Å². The molecule has 0 aliphatic heterocycles. The summed E-state index contributed by atoms with van der Waals surface area (Å²) >= 11 is 0. The summed E-state index contributed by atoms with van der Waals surface area (Å²) in [6, 6.07) is 4.07. The zero-order chi connectivity index (χ0) is 12.6. The second-order valence-corrected chi connectivity index (χ2v) is 4.70. The highest BCUT2D eigenvalue weighted by Gasteiger charge is 2.20. The third-order valence-electron chi connectivity index (χ3n) is 2.98. The lowest BCUT2D eigenvalue weighted by atomic mass is 10.2. The molecular formula is C14H22N4. The molecule has 1 saturated carbocycles. The van der Waals surface area contributed by atoms with Crippen molar-refractivity contribution in [1.82, 2.24) is 15.6 Å². The van der Waals surface area contributed by atoms with E-state index in [0.29, 0.717) is 0 Å². The van der Waals surface area contributed by atoms with Gasteiger partial charge in [-0.15, -0.1) is 0 Å². The molecule has 4 heteroatoms. The largest absolute Gasteiger partial charge is 0.357 e. The lowest BCUT2D eigenvalue weighted by Gasteiger charge is -2.11. The van der Waals surface area contributed by atoms with Crippen molar-refractivity contribution in [2.45, 2.75) is 26.2 Å². The maximum atomic E-state index is 4.59. The highest BCUT2D eigenvalue weighted by Crippen LogP contribution is 2.28. The fourth-order valence-corrected chi connectivity index (χ4v) is 1.73. The normalized spacial score (nSPS) is 15.5. The van der Waals surface area contributed by atoms with Gasteiger partial charge in [0.15, 0.2) is 5.96 Å². The maximum Gasteiger partial charge on any atom is 0.191 e. The Balaban J connectivity index is 1.72. The molecule has 0 amide bonds. The SMILES string of the molecule is CCNC(=NCC1CC1)NCCc1cccnc1. The monoisotopic (exact) mass is 246 g/mol. The number of nitrogens with one attached hydrogen (secondary N) is 2. The van der Waals surface area contributed by atoms with Gasteiger partial charge in [0, 0.05) is 32.0 Å². The quantitative estimate of drug-likeness (QED) is 0.592. The van der Waals surface area contributed by atoms with Gasteiger partial charge in [-0.25, -0.2) is 0 Å². The average Bonchev–Trinajstić information content (AvgIpc) is 3.21. The summed E-state index contributed by atoms with van der Waals surface area (Å²) in [6.45, 7) is 4.85. The Labute approximate surface area is 109 Å². The minimum Gasteiger partial charge on any atom is -0.357 e. The number of aliphatic imine (C=N–C) groups is 1. The standard InChI is InChI=1S/C14H22N4/c1-2-16-14(18-11-13-5-6-13)17-9-7-12-4-3-8-15-10-12/h3-4,8,10,13H,2,5-7,9,11H2,1H3,(H2,16,17,18). The smallest absolute Gasteiger partial charge is 0.191 e. The van der Waals surface area contributed by atoms with Crippen LogP contribution < -0.4 is 10.6 Å². The highest BCUT2D eigenvalue weighted by atomic mass is 15.2. The summed E-state index contributed by atoms with van der Waals surface area (Å²) in [5.41, 5.74) is 1.25. The first-order valence-electron chi connectivity index (χ1n) is 6.79. The van der Waals surface area contributed by atoms with Crippen LogP contribution in [0.1, 0.15) is 25.3 Å². The van der Waals surface area contributed by atoms with Crippen molar-refractivity contribution in [2.75, 3.05) is 19.6 Å². The first-order valence-corrected chi connectivity index (χ1v) is 6.79. The summed E-state index contributed by atoms with van der Waals surface area (Å²) in [7, 11) is 0. The van der Waals surface area contributed by atoms with Crippen molar-refractivity contribution in [3.63, 3.8) is 0 Å². The number of aromatic nitrogens is 1. The van der Waals surface area contributed by atoms with Gasteiger partial charge in [-0.2, -0.15) is 0 Å². The van der Waals surface area contributed by atoms with Crippen molar-refractivity contribution in [2.24, 2.45) is 10.9 Å². The van der Waals surface area contributed by atoms with E-state index in [2.05, 4.69) is 33.6 Å². The minimum atomic E-state index is 0.832. The highest BCUT2D eigenvalue weighted by molar-refractivity contribution is 5.79. The van der Waals surface area contributed by atoms with Crippen LogP contribution in [0, 0.1) is 5.92 Å². The molecule has 1 heterocycles. The van der Waals surface area contributed by atoms with E-state index in [0.717, 1.165) is 37.9 Å². The first-order chi connectivity index (χ1) is 8.88. The Hall–Kier alpha value is -1.58. The molecule has 0 bridgehead atoms. The van der Waals surface area contributed by atoms with Gasteiger partial charge in [-0.05, 0) is 43.7 Å². The lowest BCUT2D eigenvalue weighted by Crippen LogP contribution is -2.38. The zero-order valence-corrected chi connectivity index (χ0v) is 11.0. The van der Waals surface area contributed by atoms with Crippen LogP contribution in [-0.2, 0) is 6.42 Å². The molecule has 1 aromatic heterocycles. The molecule has 1 fully saturated rings. The van der Waals surface area contributed by atoms with Gasteiger partial charge in [0.25, 0.3) is 0 Å². The van der Waals surface area contributed by atoms with Crippen molar-refractivity contribution >= 4 is 5.96 Å². The van der Waals surface area contributed by atoms with E-state index in [4.69, 9.17) is 0 Å². The maximum absolute atomic E-state index is 4.59. The molecule has 0 atom stereocenters. The molecule has 1 aliphatic carbocycles. The van der Waals surface area contributed by atoms with Crippen molar-refractivity contribution in [3.8, 4) is 0 Å². The molecular weight excluding hydrogens is 224 g/mol. The third-order valence-corrected chi connectivity index (χ3v) is 2.98. The van der Waals surface area contributed by atoms with Crippen molar-refractivity contribution < 1.29 is 0 Å². The summed E-state index contributed by atoms with van der Waals surface area (Å²) in [6.07, 6.45) is 7.38.